The van der Waals surface area contributed by atoms with Gasteiger partial charge in [-0.1, -0.05) is 0 Å². The van der Waals surface area contributed by atoms with Crippen LogP contribution in [-0.4, -0.2) is 59.5 Å². The van der Waals surface area contributed by atoms with Crippen LogP contribution in [0.2, 0.25) is 0 Å². The van der Waals surface area contributed by atoms with E-state index in [1.54, 1.807) is 17.0 Å². The smallest absolute Gasteiger partial charge is 0.253 e. The Labute approximate surface area is 140 Å². The van der Waals surface area contributed by atoms with Crippen LogP contribution >= 0.6 is 0 Å². The molecule has 24 heavy (non-hydrogen) atoms. The molecular formula is C18H23NO5. The Morgan fingerprint density at radius 3 is 2.83 bits per heavy atom. The Morgan fingerprint density at radius 1 is 1.29 bits per heavy atom. The predicted molar refractivity (Wildman–Crippen MR) is 88.9 cm³/mol. The summed E-state index contributed by atoms with van der Waals surface area (Å²) in [6, 6.07) is 7.27. The molecule has 2 N–H and O–H groups in total. The van der Waals surface area contributed by atoms with Crippen LogP contribution in [0.25, 0.3) is 11.0 Å². The maximum absolute atomic E-state index is 12.8. The van der Waals surface area contributed by atoms with Gasteiger partial charge in [0.15, 0.2) is 0 Å². The largest absolute Gasteiger partial charge is 0.461 e. The molecule has 6 heteroatoms. The van der Waals surface area contributed by atoms with E-state index in [1.165, 1.54) is 0 Å². The molecule has 3 rings (SSSR count). The van der Waals surface area contributed by atoms with E-state index in [9.17, 15) is 15.0 Å². The van der Waals surface area contributed by atoms with Crippen molar-refractivity contribution in [3.8, 4) is 0 Å². The molecule has 0 radical (unpaired) electrons. The lowest BCUT2D eigenvalue weighted by Crippen LogP contribution is -2.49. The van der Waals surface area contributed by atoms with Crippen molar-refractivity contribution >= 4 is 16.9 Å². The number of hydrogen-bond acceptors (Lipinski definition) is 5. The number of aliphatic hydroxyl groups excluding tert-OH is 2. The maximum Gasteiger partial charge on any atom is 0.253 e. The number of carbonyl (C=O) groups is 1. The number of fused-ring (bicyclic) bond motifs is 1. The maximum atomic E-state index is 12.8. The van der Waals surface area contributed by atoms with E-state index in [0.29, 0.717) is 25.3 Å². The fraction of sp³-hybridized carbons (Fsp3) is 0.500. The van der Waals surface area contributed by atoms with E-state index in [2.05, 4.69) is 0 Å². The second-order valence-electron chi connectivity index (χ2n) is 6.31. The third-order valence-electron chi connectivity index (χ3n) is 4.51. The van der Waals surface area contributed by atoms with Crippen LogP contribution in [0.3, 0.4) is 0 Å². The van der Waals surface area contributed by atoms with E-state index < -0.39 is 12.2 Å². The molecule has 1 amide bonds. The number of aryl methyl sites for hydroxylation is 1. The molecule has 6 nitrogen and oxygen atoms in total. The highest BCUT2D eigenvalue weighted by atomic mass is 16.5. The van der Waals surface area contributed by atoms with Gasteiger partial charge in [-0.25, -0.2) is 0 Å². The molecule has 2 heterocycles. The summed E-state index contributed by atoms with van der Waals surface area (Å²) in [7, 11) is 0. The molecule has 130 valence electrons. The SMILES string of the molecule is CCN(C[C@@H]1COC[C@@H](O)[C@H]1O)C(=O)c1ccc2oc(C)cc2c1. The Bertz CT molecular complexity index is 725. The minimum absolute atomic E-state index is 0.106. The summed E-state index contributed by atoms with van der Waals surface area (Å²) in [6.45, 7) is 5.09. The topological polar surface area (TPSA) is 83.1 Å². The van der Waals surface area contributed by atoms with Crippen molar-refractivity contribution in [3.63, 3.8) is 0 Å². The lowest BCUT2D eigenvalue weighted by atomic mass is 9.95. The van der Waals surface area contributed by atoms with Crippen molar-refractivity contribution in [2.24, 2.45) is 5.92 Å². The number of carbonyl (C=O) groups excluding carboxylic acids is 1. The molecule has 0 saturated carbocycles. The number of rotatable bonds is 4. The first kappa shape index (κ1) is 17.0. The van der Waals surface area contributed by atoms with Gasteiger partial charge in [0.25, 0.3) is 5.91 Å². The fourth-order valence-electron chi connectivity index (χ4n) is 3.14. The number of amides is 1. The second kappa shape index (κ2) is 6.93. The third-order valence-corrected chi connectivity index (χ3v) is 4.51. The van der Waals surface area contributed by atoms with Gasteiger partial charge in [0, 0.05) is 30.0 Å². The first-order valence-corrected chi connectivity index (χ1v) is 8.23. The Hall–Kier alpha value is -1.89. The van der Waals surface area contributed by atoms with Gasteiger partial charge < -0.3 is 24.3 Å². The van der Waals surface area contributed by atoms with Gasteiger partial charge in [-0.3, -0.25) is 4.79 Å². The Morgan fingerprint density at radius 2 is 2.08 bits per heavy atom. The minimum Gasteiger partial charge on any atom is -0.461 e. The highest BCUT2D eigenvalue weighted by molar-refractivity contribution is 5.97. The molecule has 1 aliphatic rings. The van der Waals surface area contributed by atoms with E-state index in [4.69, 9.17) is 9.15 Å². The first-order valence-electron chi connectivity index (χ1n) is 8.23. The Balaban J connectivity index is 1.77. The quantitative estimate of drug-likeness (QED) is 0.887. The molecule has 1 aliphatic heterocycles. The van der Waals surface area contributed by atoms with Crippen molar-refractivity contribution in [3.05, 3.63) is 35.6 Å². The lowest BCUT2D eigenvalue weighted by molar-refractivity contribution is -0.123. The van der Waals surface area contributed by atoms with Crippen LogP contribution in [0.1, 0.15) is 23.0 Å². The van der Waals surface area contributed by atoms with E-state index >= 15 is 0 Å². The van der Waals surface area contributed by atoms with Crippen molar-refractivity contribution in [2.45, 2.75) is 26.1 Å². The summed E-state index contributed by atoms with van der Waals surface area (Å²) < 4.78 is 10.8. The highest BCUT2D eigenvalue weighted by Gasteiger charge is 2.33. The van der Waals surface area contributed by atoms with Gasteiger partial charge in [-0.05, 0) is 38.1 Å². The van der Waals surface area contributed by atoms with Crippen molar-refractivity contribution < 1.29 is 24.2 Å². The van der Waals surface area contributed by atoms with Crippen LogP contribution in [-0.2, 0) is 4.74 Å². The van der Waals surface area contributed by atoms with Gasteiger partial charge in [0.1, 0.15) is 17.4 Å². The molecule has 0 unspecified atom stereocenters. The molecule has 1 aromatic heterocycles. The summed E-state index contributed by atoms with van der Waals surface area (Å²) in [5.74, 6) is 0.404. The van der Waals surface area contributed by atoms with Crippen LogP contribution in [0.15, 0.2) is 28.7 Å². The summed E-state index contributed by atoms with van der Waals surface area (Å²) in [5, 5.41) is 20.7. The standard InChI is InChI=1S/C18H23NO5/c1-3-19(8-14-9-23-10-15(20)17(14)21)18(22)12-4-5-16-13(7-12)6-11(2)24-16/h4-7,14-15,17,20-21H,3,8-10H2,1-2H3/t14-,15-,17+/m1/s1. The molecule has 0 aliphatic carbocycles. The summed E-state index contributed by atoms with van der Waals surface area (Å²) in [5.41, 5.74) is 1.34. The predicted octanol–water partition coefficient (Wildman–Crippen LogP) is 1.57. The average molecular weight is 333 g/mol. The zero-order valence-electron chi connectivity index (χ0n) is 13.9. The zero-order chi connectivity index (χ0) is 17.3. The molecule has 0 spiro atoms. The molecule has 1 fully saturated rings. The van der Waals surface area contributed by atoms with Gasteiger partial charge in [0.05, 0.1) is 19.3 Å². The number of furan rings is 1. The van der Waals surface area contributed by atoms with E-state index in [1.807, 2.05) is 26.0 Å². The third kappa shape index (κ3) is 3.31. The zero-order valence-corrected chi connectivity index (χ0v) is 13.9. The molecule has 3 atom stereocenters. The van der Waals surface area contributed by atoms with Crippen molar-refractivity contribution in [1.29, 1.82) is 0 Å². The minimum atomic E-state index is -0.900. The number of hydrogen-bond donors (Lipinski definition) is 2. The molecular weight excluding hydrogens is 310 g/mol. The summed E-state index contributed by atoms with van der Waals surface area (Å²) in [4.78, 5) is 14.5. The monoisotopic (exact) mass is 333 g/mol. The summed E-state index contributed by atoms with van der Waals surface area (Å²) >= 11 is 0. The first-order chi connectivity index (χ1) is 11.5. The summed E-state index contributed by atoms with van der Waals surface area (Å²) in [6.07, 6.45) is -1.78. The van der Waals surface area contributed by atoms with Gasteiger partial charge in [0.2, 0.25) is 0 Å². The van der Waals surface area contributed by atoms with Crippen LogP contribution in [0, 0.1) is 12.8 Å². The van der Waals surface area contributed by atoms with Crippen LogP contribution in [0.4, 0.5) is 0 Å². The lowest BCUT2D eigenvalue weighted by Gasteiger charge is -2.35. The molecule has 0 bridgehead atoms. The molecule has 1 saturated heterocycles. The highest BCUT2D eigenvalue weighted by Crippen LogP contribution is 2.22. The average Bonchev–Trinajstić information content (AvgIpc) is 2.94. The van der Waals surface area contributed by atoms with Crippen molar-refractivity contribution in [1.82, 2.24) is 4.90 Å². The van der Waals surface area contributed by atoms with E-state index in [-0.39, 0.29) is 18.4 Å². The fourth-order valence-corrected chi connectivity index (χ4v) is 3.14. The molecule has 2 aromatic rings. The van der Waals surface area contributed by atoms with Gasteiger partial charge in [-0.2, -0.15) is 0 Å². The number of benzene rings is 1. The van der Waals surface area contributed by atoms with Crippen LogP contribution < -0.4 is 0 Å². The van der Waals surface area contributed by atoms with Crippen molar-refractivity contribution in [2.75, 3.05) is 26.3 Å². The normalized spacial score (nSPS) is 24.2. The second-order valence-corrected chi connectivity index (χ2v) is 6.31. The molecule has 1 aromatic carbocycles. The van der Waals surface area contributed by atoms with Crippen LogP contribution in [0.5, 0.6) is 0 Å². The number of nitrogens with zero attached hydrogens (tertiary/aromatic N) is 1. The Kier molecular flexibility index (Phi) is 4.89. The number of aliphatic hydroxyl groups is 2. The van der Waals surface area contributed by atoms with Gasteiger partial charge in [-0.15, -0.1) is 0 Å². The van der Waals surface area contributed by atoms with Gasteiger partial charge >= 0.3 is 0 Å². The number of ether oxygens (including phenoxy) is 1. The van der Waals surface area contributed by atoms with E-state index in [0.717, 1.165) is 16.7 Å².